The molecule has 2 N–H and O–H groups in total. The third-order valence-corrected chi connectivity index (χ3v) is 5.60. The van der Waals surface area contributed by atoms with Gasteiger partial charge >= 0.3 is 0 Å². The van der Waals surface area contributed by atoms with Crippen molar-refractivity contribution in [1.82, 2.24) is 19.7 Å². The van der Waals surface area contributed by atoms with E-state index in [2.05, 4.69) is 15.0 Å². The highest BCUT2D eigenvalue weighted by molar-refractivity contribution is 5.95. The van der Waals surface area contributed by atoms with Crippen LogP contribution in [0.25, 0.3) is 27.8 Å². The normalized spacial score (nSPS) is 15.4. The molecule has 0 saturated carbocycles. The highest BCUT2D eigenvalue weighted by atomic mass is 19.1. The number of likely N-dealkylation sites (N-methyl/N-ethyl adjacent to an activating group) is 1. The lowest BCUT2D eigenvalue weighted by Gasteiger charge is -2.34. The third kappa shape index (κ3) is 2.81. The number of hydrogen-bond acceptors (Lipinski definition) is 5. The molecule has 0 aromatic heterocycles. The van der Waals surface area contributed by atoms with Crippen LogP contribution < -0.4 is 10.5 Å². The summed E-state index contributed by atoms with van der Waals surface area (Å²) in [4.78, 5) is 19.4. The Balaban J connectivity index is 1.69. The van der Waals surface area contributed by atoms with Crippen LogP contribution in [-0.4, -0.2) is 58.0 Å². The lowest BCUT2D eigenvalue weighted by Crippen LogP contribution is -2.45. The van der Waals surface area contributed by atoms with Crippen LogP contribution in [0.1, 0.15) is 0 Å². The Kier molecular flexibility index (Phi) is 4.21. The predicted octanol–water partition coefficient (Wildman–Crippen LogP) is 2.55. The van der Waals surface area contributed by atoms with Gasteiger partial charge in [0.1, 0.15) is 22.9 Å². The molecular formula is C21H19F2N5O2. The Labute approximate surface area is 170 Å². The van der Waals surface area contributed by atoms with Crippen LogP contribution in [0.4, 0.5) is 14.5 Å². The standard InChI is InChI=1S/C21H19F2N5O2/c1-26-6-8-27(9-7-26)20-16(22)10-14-18-15(11-24-19(14)17(20)23)21(30)28(25-18)12-2-4-13(29)5-3-12/h2-5,10-11,24,29H,6-9H2,1H3. The molecule has 2 aromatic carbocycles. The molecule has 3 aliphatic heterocycles. The number of nitrogens with zero attached hydrogens (tertiary/aromatic N) is 4. The molecule has 0 radical (unpaired) electrons. The van der Waals surface area contributed by atoms with E-state index in [4.69, 9.17) is 0 Å². The second-order valence-electron chi connectivity index (χ2n) is 7.52. The molecule has 1 saturated heterocycles. The Hall–Kier alpha value is -3.46. The van der Waals surface area contributed by atoms with Gasteiger partial charge in [-0.3, -0.25) is 4.79 Å². The zero-order valence-corrected chi connectivity index (χ0v) is 16.2. The van der Waals surface area contributed by atoms with Gasteiger partial charge in [-0.15, -0.1) is 0 Å². The number of nitrogens with one attached hydrogen (secondary N) is 1. The van der Waals surface area contributed by atoms with E-state index in [0.717, 1.165) is 17.8 Å². The van der Waals surface area contributed by atoms with Crippen molar-refractivity contribution in [2.45, 2.75) is 0 Å². The molecule has 0 spiro atoms. The second-order valence-corrected chi connectivity index (χ2v) is 7.52. The van der Waals surface area contributed by atoms with Gasteiger partial charge in [-0.05, 0) is 37.4 Å². The van der Waals surface area contributed by atoms with E-state index in [-0.39, 0.29) is 33.6 Å². The number of hydrogen-bond donors (Lipinski definition) is 2. The van der Waals surface area contributed by atoms with Crippen molar-refractivity contribution in [3.8, 4) is 22.7 Å². The van der Waals surface area contributed by atoms with Gasteiger partial charge < -0.3 is 19.9 Å². The molecule has 0 atom stereocenters. The monoisotopic (exact) mass is 411 g/mol. The van der Waals surface area contributed by atoms with Gasteiger partial charge in [0.15, 0.2) is 5.82 Å². The van der Waals surface area contributed by atoms with Gasteiger partial charge in [0.25, 0.3) is 5.56 Å². The summed E-state index contributed by atoms with van der Waals surface area (Å²) < 4.78 is 31.5. The van der Waals surface area contributed by atoms with Gasteiger partial charge in [0.05, 0.1) is 16.8 Å². The fraction of sp³-hybridized carbons (Fsp3) is 0.238. The molecular weight excluding hydrogens is 392 g/mol. The summed E-state index contributed by atoms with van der Waals surface area (Å²) in [6.45, 7) is 2.49. The first-order valence-corrected chi connectivity index (χ1v) is 9.59. The SMILES string of the molecule is CN1CCN(c2c(F)cc3c4nn(-c5ccc(O)cc5)c(=O)c-4c[nH]c3c2F)CC1. The summed E-state index contributed by atoms with van der Waals surface area (Å²) >= 11 is 0. The van der Waals surface area contributed by atoms with E-state index < -0.39 is 17.2 Å². The number of aromatic nitrogens is 3. The second kappa shape index (κ2) is 6.81. The number of H-pyrrole nitrogens is 1. The average molecular weight is 411 g/mol. The van der Waals surface area contributed by atoms with Crippen LogP contribution in [-0.2, 0) is 0 Å². The lowest BCUT2D eigenvalue weighted by molar-refractivity contribution is 0.310. The molecule has 5 rings (SSSR count). The third-order valence-electron chi connectivity index (χ3n) is 5.60. The summed E-state index contributed by atoms with van der Waals surface area (Å²) in [5.74, 6) is -1.32. The van der Waals surface area contributed by atoms with Gasteiger partial charge in [-0.1, -0.05) is 0 Å². The summed E-state index contributed by atoms with van der Waals surface area (Å²) in [6.07, 6.45) is 1.40. The number of anilines is 1. The molecule has 0 bridgehead atoms. The zero-order valence-electron chi connectivity index (χ0n) is 16.2. The number of benzene rings is 2. The molecule has 0 amide bonds. The van der Waals surface area contributed by atoms with Gasteiger partial charge in [0, 0.05) is 37.8 Å². The van der Waals surface area contributed by atoms with Crippen molar-refractivity contribution in [1.29, 1.82) is 0 Å². The van der Waals surface area contributed by atoms with Gasteiger partial charge in [0.2, 0.25) is 0 Å². The Morgan fingerprint density at radius 2 is 1.80 bits per heavy atom. The molecule has 0 unspecified atom stereocenters. The van der Waals surface area contributed by atoms with Crippen LogP contribution in [0.2, 0.25) is 0 Å². The van der Waals surface area contributed by atoms with Crippen LogP contribution in [0.5, 0.6) is 5.75 Å². The van der Waals surface area contributed by atoms with Crippen molar-refractivity contribution in [2.75, 3.05) is 38.1 Å². The van der Waals surface area contributed by atoms with Crippen LogP contribution in [0, 0.1) is 11.6 Å². The molecule has 7 nitrogen and oxygen atoms in total. The molecule has 154 valence electrons. The van der Waals surface area contributed by atoms with Crippen molar-refractivity contribution in [3.63, 3.8) is 0 Å². The minimum absolute atomic E-state index is 0.0577. The van der Waals surface area contributed by atoms with E-state index in [1.807, 2.05) is 7.05 Å². The number of fused-ring (bicyclic) bond motifs is 3. The number of phenols is 1. The number of aromatic amines is 1. The molecule has 2 aromatic rings. The van der Waals surface area contributed by atoms with Crippen molar-refractivity contribution < 1.29 is 13.9 Å². The Morgan fingerprint density at radius 3 is 2.50 bits per heavy atom. The van der Waals surface area contributed by atoms with E-state index >= 15 is 8.78 Å². The summed E-state index contributed by atoms with van der Waals surface area (Å²) in [7, 11) is 1.97. The van der Waals surface area contributed by atoms with Gasteiger partial charge in [-0.25, -0.2) is 8.78 Å². The number of halogens is 2. The highest BCUT2D eigenvalue weighted by Crippen LogP contribution is 2.34. The topological polar surface area (TPSA) is 77.4 Å². The number of pyridine rings is 1. The van der Waals surface area contributed by atoms with Crippen molar-refractivity contribution in [2.24, 2.45) is 0 Å². The van der Waals surface area contributed by atoms with E-state index in [1.165, 1.54) is 24.4 Å². The van der Waals surface area contributed by atoms with E-state index in [9.17, 15) is 9.90 Å². The molecule has 30 heavy (non-hydrogen) atoms. The number of rotatable bonds is 2. The molecule has 0 aliphatic carbocycles. The number of aromatic hydroxyl groups is 1. The average Bonchev–Trinajstić information content (AvgIpc) is 3.07. The Bertz CT molecular complexity index is 1270. The number of phenolic OH excluding ortho intramolecular Hbond substituents is 1. The van der Waals surface area contributed by atoms with Crippen molar-refractivity contribution >= 4 is 16.6 Å². The van der Waals surface area contributed by atoms with E-state index in [0.29, 0.717) is 18.8 Å². The first-order chi connectivity index (χ1) is 14.4. The molecule has 3 heterocycles. The lowest BCUT2D eigenvalue weighted by atomic mass is 10.1. The first kappa shape index (κ1) is 18.6. The van der Waals surface area contributed by atoms with Crippen LogP contribution in [0.15, 0.2) is 41.3 Å². The van der Waals surface area contributed by atoms with Gasteiger partial charge in [-0.2, -0.15) is 9.78 Å². The maximum Gasteiger partial charge on any atom is 0.282 e. The van der Waals surface area contributed by atoms with Crippen LogP contribution >= 0.6 is 0 Å². The van der Waals surface area contributed by atoms with E-state index in [1.54, 1.807) is 17.0 Å². The minimum Gasteiger partial charge on any atom is -0.508 e. The minimum atomic E-state index is -0.692. The summed E-state index contributed by atoms with van der Waals surface area (Å²) in [5, 5.41) is 14.0. The summed E-state index contributed by atoms with van der Waals surface area (Å²) in [5.41, 5.74) is 0.501. The highest BCUT2D eigenvalue weighted by Gasteiger charge is 2.27. The Morgan fingerprint density at radius 1 is 1.10 bits per heavy atom. The largest absolute Gasteiger partial charge is 0.508 e. The fourth-order valence-electron chi connectivity index (χ4n) is 3.91. The smallest absolute Gasteiger partial charge is 0.282 e. The summed E-state index contributed by atoms with van der Waals surface area (Å²) in [6, 6.07) is 7.20. The maximum absolute atomic E-state index is 15.3. The maximum atomic E-state index is 15.3. The zero-order chi connectivity index (χ0) is 21.0. The van der Waals surface area contributed by atoms with Crippen molar-refractivity contribution in [3.05, 3.63) is 58.5 Å². The number of piperazine rings is 1. The first-order valence-electron chi connectivity index (χ1n) is 9.59. The molecule has 1 fully saturated rings. The van der Waals surface area contributed by atoms with Crippen LogP contribution in [0.3, 0.4) is 0 Å². The predicted molar refractivity (Wildman–Crippen MR) is 110 cm³/mol. The fourth-order valence-corrected chi connectivity index (χ4v) is 3.91. The molecule has 3 aliphatic rings. The molecule has 9 heteroatoms. The quantitative estimate of drug-likeness (QED) is 0.530.